The van der Waals surface area contributed by atoms with Gasteiger partial charge >= 0.3 is 6.03 Å². The van der Waals surface area contributed by atoms with Gasteiger partial charge in [-0.25, -0.2) is 4.79 Å². The van der Waals surface area contributed by atoms with Gasteiger partial charge < -0.3 is 15.1 Å². The summed E-state index contributed by atoms with van der Waals surface area (Å²) in [6.45, 7) is 3.03. The monoisotopic (exact) mass is 329 g/mol. The summed E-state index contributed by atoms with van der Waals surface area (Å²) in [5.74, 6) is 0.732. The fourth-order valence-electron chi connectivity index (χ4n) is 3.80. The molecule has 2 aliphatic carbocycles. The molecule has 2 saturated carbocycles. The standard InChI is InChI=1S/C20H31N3O/c1-15-13-17(11-12-19(15)22(2)3)21-20(24)23(14-16-9-10-16)18-7-5-4-6-8-18/h11-13,16,18H,4-10,14H2,1-3H3,(H,21,24). The number of hydrogen-bond acceptors (Lipinski definition) is 2. The van der Waals surface area contributed by atoms with Crippen molar-refractivity contribution in [3.05, 3.63) is 23.8 Å². The topological polar surface area (TPSA) is 35.6 Å². The predicted octanol–water partition coefficient (Wildman–Crippen LogP) is 4.64. The molecule has 4 heteroatoms. The molecular weight excluding hydrogens is 298 g/mol. The van der Waals surface area contributed by atoms with Crippen LogP contribution in [0, 0.1) is 12.8 Å². The third-order valence-corrected chi connectivity index (χ3v) is 5.36. The quantitative estimate of drug-likeness (QED) is 0.854. The predicted molar refractivity (Wildman–Crippen MR) is 101 cm³/mol. The van der Waals surface area contributed by atoms with Crippen LogP contribution in [0.5, 0.6) is 0 Å². The van der Waals surface area contributed by atoms with Gasteiger partial charge in [-0.05, 0) is 62.3 Å². The van der Waals surface area contributed by atoms with E-state index in [1.165, 1.54) is 56.2 Å². The fraction of sp³-hybridized carbons (Fsp3) is 0.650. The van der Waals surface area contributed by atoms with E-state index in [4.69, 9.17) is 0 Å². The number of anilines is 2. The maximum atomic E-state index is 12.9. The van der Waals surface area contributed by atoms with Gasteiger partial charge in [0.05, 0.1) is 0 Å². The van der Waals surface area contributed by atoms with Crippen molar-refractivity contribution in [2.75, 3.05) is 30.9 Å². The van der Waals surface area contributed by atoms with Crippen molar-refractivity contribution in [3.8, 4) is 0 Å². The first-order valence-corrected chi connectivity index (χ1v) is 9.40. The summed E-state index contributed by atoms with van der Waals surface area (Å²) in [5, 5.41) is 3.15. The van der Waals surface area contributed by atoms with Crippen molar-refractivity contribution in [2.24, 2.45) is 5.92 Å². The number of benzene rings is 1. The average Bonchev–Trinajstić information content (AvgIpc) is 3.37. The Bertz CT molecular complexity index is 574. The Hall–Kier alpha value is -1.71. The molecular formula is C20H31N3O. The summed E-state index contributed by atoms with van der Waals surface area (Å²) < 4.78 is 0. The van der Waals surface area contributed by atoms with Gasteiger partial charge in [0.25, 0.3) is 0 Å². The molecule has 2 aliphatic rings. The van der Waals surface area contributed by atoms with E-state index in [1.54, 1.807) is 0 Å². The van der Waals surface area contributed by atoms with Gasteiger partial charge in [-0.1, -0.05) is 19.3 Å². The Balaban J connectivity index is 1.69. The van der Waals surface area contributed by atoms with Crippen LogP contribution in [0.2, 0.25) is 0 Å². The second-order valence-corrected chi connectivity index (χ2v) is 7.71. The van der Waals surface area contributed by atoms with E-state index in [2.05, 4.69) is 34.2 Å². The van der Waals surface area contributed by atoms with Crippen LogP contribution < -0.4 is 10.2 Å². The molecule has 4 nitrogen and oxygen atoms in total. The van der Waals surface area contributed by atoms with Crippen LogP contribution in [0.3, 0.4) is 0 Å². The molecule has 24 heavy (non-hydrogen) atoms. The third kappa shape index (κ3) is 4.22. The lowest BCUT2D eigenvalue weighted by molar-refractivity contribution is 0.163. The Labute approximate surface area is 146 Å². The highest BCUT2D eigenvalue weighted by atomic mass is 16.2. The lowest BCUT2D eigenvalue weighted by Crippen LogP contribution is -2.45. The highest BCUT2D eigenvalue weighted by Crippen LogP contribution is 2.33. The number of urea groups is 1. The Morgan fingerprint density at radius 2 is 1.83 bits per heavy atom. The summed E-state index contributed by atoms with van der Waals surface area (Å²) in [6.07, 6.45) is 8.74. The molecule has 0 spiro atoms. The second kappa shape index (κ2) is 7.45. The van der Waals surface area contributed by atoms with Crippen LogP contribution in [-0.4, -0.2) is 37.6 Å². The molecule has 1 aromatic carbocycles. The van der Waals surface area contributed by atoms with E-state index in [-0.39, 0.29) is 6.03 Å². The first-order chi connectivity index (χ1) is 11.5. The normalized spacial score (nSPS) is 18.3. The van der Waals surface area contributed by atoms with Gasteiger partial charge in [-0.3, -0.25) is 0 Å². The first-order valence-electron chi connectivity index (χ1n) is 9.40. The summed E-state index contributed by atoms with van der Waals surface area (Å²) in [7, 11) is 4.09. The number of nitrogens with zero attached hydrogens (tertiary/aromatic N) is 2. The Morgan fingerprint density at radius 3 is 2.42 bits per heavy atom. The largest absolute Gasteiger partial charge is 0.377 e. The number of hydrogen-bond donors (Lipinski definition) is 1. The van der Waals surface area contributed by atoms with Crippen LogP contribution in [0.4, 0.5) is 16.2 Å². The Kier molecular flexibility index (Phi) is 5.32. The van der Waals surface area contributed by atoms with Gasteiger partial charge in [-0.2, -0.15) is 0 Å². The van der Waals surface area contributed by atoms with Crippen molar-refractivity contribution in [2.45, 2.75) is 57.9 Å². The van der Waals surface area contributed by atoms with Gasteiger partial charge in [0, 0.05) is 38.1 Å². The molecule has 2 amide bonds. The third-order valence-electron chi connectivity index (χ3n) is 5.36. The highest BCUT2D eigenvalue weighted by molar-refractivity contribution is 5.90. The van der Waals surface area contributed by atoms with Crippen LogP contribution in [0.15, 0.2) is 18.2 Å². The van der Waals surface area contributed by atoms with Crippen molar-refractivity contribution >= 4 is 17.4 Å². The lowest BCUT2D eigenvalue weighted by Gasteiger charge is -2.34. The zero-order valence-corrected chi connectivity index (χ0v) is 15.3. The molecule has 0 bridgehead atoms. The fourth-order valence-corrected chi connectivity index (χ4v) is 3.80. The molecule has 0 saturated heterocycles. The molecule has 0 unspecified atom stereocenters. The van der Waals surface area contributed by atoms with E-state index in [9.17, 15) is 4.79 Å². The Morgan fingerprint density at radius 1 is 1.12 bits per heavy atom. The number of rotatable bonds is 5. The number of carbonyl (C=O) groups is 1. The number of aryl methyl sites for hydroxylation is 1. The van der Waals surface area contributed by atoms with Crippen LogP contribution in [0.25, 0.3) is 0 Å². The molecule has 1 N–H and O–H groups in total. The van der Waals surface area contributed by atoms with Gasteiger partial charge in [0.15, 0.2) is 0 Å². The zero-order valence-electron chi connectivity index (χ0n) is 15.3. The van der Waals surface area contributed by atoms with Crippen molar-refractivity contribution < 1.29 is 4.79 Å². The van der Waals surface area contributed by atoms with E-state index in [0.717, 1.165) is 18.2 Å². The van der Waals surface area contributed by atoms with Crippen LogP contribution >= 0.6 is 0 Å². The molecule has 0 radical (unpaired) electrons. The van der Waals surface area contributed by atoms with Crippen molar-refractivity contribution in [1.29, 1.82) is 0 Å². The number of carbonyl (C=O) groups excluding carboxylic acids is 1. The van der Waals surface area contributed by atoms with E-state index < -0.39 is 0 Å². The van der Waals surface area contributed by atoms with Crippen molar-refractivity contribution in [3.63, 3.8) is 0 Å². The molecule has 1 aromatic rings. The SMILES string of the molecule is Cc1cc(NC(=O)N(CC2CC2)C2CCCCC2)ccc1N(C)C. The molecule has 3 rings (SSSR count). The molecule has 132 valence electrons. The van der Waals surface area contributed by atoms with E-state index >= 15 is 0 Å². The minimum absolute atomic E-state index is 0.0887. The molecule has 0 aromatic heterocycles. The van der Waals surface area contributed by atoms with E-state index in [1.807, 2.05) is 20.2 Å². The number of amides is 2. The molecule has 0 heterocycles. The highest BCUT2D eigenvalue weighted by Gasteiger charge is 2.31. The minimum atomic E-state index is 0.0887. The zero-order chi connectivity index (χ0) is 17.1. The van der Waals surface area contributed by atoms with E-state index in [0.29, 0.717) is 6.04 Å². The molecule has 0 atom stereocenters. The maximum Gasteiger partial charge on any atom is 0.322 e. The smallest absolute Gasteiger partial charge is 0.322 e. The summed E-state index contributed by atoms with van der Waals surface area (Å²) in [4.78, 5) is 17.1. The van der Waals surface area contributed by atoms with Crippen molar-refractivity contribution in [1.82, 2.24) is 4.90 Å². The van der Waals surface area contributed by atoms with Gasteiger partial charge in [-0.15, -0.1) is 0 Å². The summed E-state index contributed by atoms with van der Waals surface area (Å²) in [5.41, 5.74) is 3.28. The molecule has 0 aliphatic heterocycles. The lowest BCUT2D eigenvalue weighted by atomic mass is 9.94. The second-order valence-electron chi connectivity index (χ2n) is 7.71. The van der Waals surface area contributed by atoms with Crippen LogP contribution in [-0.2, 0) is 0 Å². The summed E-state index contributed by atoms with van der Waals surface area (Å²) in [6, 6.07) is 6.68. The van der Waals surface area contributed by atoms with Crippen LogP contribution in [0.1, 0.15) is 50.5 Å². The maximum absolute atomic E-state index is 12.9. The van der Waals surface area contributed by atoms with Gasteiger partial charge in [0.2, 0.25) is 0 Å². The minimum Gasteiger partial charge on any atom is -0.377 e. The average molecular weight is 329 g/mol. The van der Waals surface area contributed by atoms with Gasteiger partial charge in [0.1, 0.15) is 0 Å². The first kappa shape index (κ1) is 17.1. The molecule has 2 fully saturated rings. The number of nitrogens with one attached hydrogen (secondary N) is 1. The summed E-state index contributed by atoms with van der Waals surface area (Å²) >= 11 is 0.